The Hall–Kier alpha value is -3.01. The van der Waals surface area contributed by atoms with Gasteiger partial charge in [0.15, 0.2) is 0 Å². The molecule has 0 radical (unpaired) electrons. The number of hydrogen-bond donors (Lipinski definition) is 1. The van der Waals surface area contributed by atoms with Crippen molar-refractivity contribution in [2.24, 2.45) is 0 Å². The predicted molar refractivity (Wildman–Crippen MR) is 84.0 cm³/mol. The molecule has 0 saturated heterocycles. The van der Waals surface area contributed by atoms with Crippen LogP contribution in [0.3, 0.4) is 0 Å². The van der Waals surface area contributed by atoms with Gasteiger partial charge in [0.05, 0.1) is 5.69 Å². The second-order valence-electron chi connectivity index (χ2n) is 4.74. The number of carbonyl (C=O) groups is 1. The van der Waals surface area contributed by atoms with E-state index < -0.39 is 0 Å². The first-order valence-electron chi connectivity index (χ1n) is 6.82. The van der Waals surface area contributed by atoms with Crippen LogP contribution in [0.1, 0.15) is 10.5 Å². The van der Waals surface area contributed by atoms with E-state index in [1.165, 1.54) is 12.1 Å². The number of rotatable bonds is 3. The Morgan fingerprint density at radius 3 is 2.32 bits per heavy atom. The van der Waals surface area contributed by atoms with Crippen molar-refractivity contribution in [3.63, 3.8) is 0 Å². The smallest absolute Gasteiger partial charge is 0.274 e. The van der Waals surface area contributed by atoms with Crippen LogP contribution < -0.4 is 5.32 Å². The lowest BCUT2D eigenvalue weighted by atomic mass is 10.1. The molecule has 0 saturated carbocycles. The Morgan fingerprint density at radius 2 is 1.59 bits per heavy atom. The lowest BCUT2D eigenvalue weighted by Crippen LogP contribution is -2.13. The SMILES string of the molecule is O=C(Nc1ccccc1)c1cccc(-c2ccc(F)cc2)n1. The van der Waals surface area contributed by atoms with Crippen LogP contribution >= 0.6 is 0 Å². The first kappa shape index (κ1) is 13.9. The third-order valence-electron chi connectivity index (χ3n) is 3.15. The average Bonchev–Trinajstić information content (AvgIpc) is 2.56. The zero-order valence-corrected chi connectivity index (χ0v) is 11.7. The molecule has 22 heavy (non-hydrogen) atoms. The summed E-state index contributed by atoms with van der Waals surface area (Å²) in [7, 11) is 0. The number of carbonyl (C=O) groups excluding carboxylic acids is 1. The van der Waals surface area contributed by atoms with Gasteiger partial charge >= 0.3 is 0 Å². The maximum absolute atomic E-state index is 13.0. The number of amides is 1. The molecule has 1 amide bonds. The van der Waals surface area contributed by atoms with Gasteiger partial charge in [-0.25, -0.2) is 9.37 Å². The van der Waals surface area contributed by atoms with Gasteiger partial charge < -0.3 is 5.32 Å². The van der Waals surface area contributed by atoms with Crippen LogP contribution in [0.15, 0.2) is 72.8 Å². The summed E-state index contributed by atoms with van der Waals surface area (Å²) < 4.78 is 13.0. The summed E-state index contributed by atoms with van der Waals surface area (Å²) in [4.78, 5) is 16.6. The fraction of sp³-hybridized carbons (Fsp3) is 0. The van der Waals surface area contributed by atoms with Crippen LogP contribution in [0.25, 0.3) is 11.3 Å². The highest BCUT2D eigenvalue weighted by atomic mass is 19.1. The first-order valence-corrected chi connectivity index (χ1v) is 6.82. The lowest BCUT2D eigenvalue weighted by molar-refractivity contribution is 0.102. The van der Waals surface area contributed by atoms with Crippen molar-refractivity contribution < 1.29 is 9.18 Å². The van der Waals surface area contributed by atoms with Gasteiger partial charge in [0.2, 0.25) is 0 Å². The first-order chi connectivity index (χ1) is 10.7. The Kier molecular flexibility index (Phi) is 3.92. The maximum Gasteiger partial charge on any atom is 0.274 e. The van der Waals surface area contributed by atoms with Crippen LogP contribution in [0.4, 0.5) is 10.1 Å². The molecular weight excluding hydrogens is 279 g/mol. The van der Waals surface area contributed by atoms with Crippen molar-refractivity contribution in [2.45, 2.75) is 0 Å². The van der Waals surface area contributed by atoms with Gasteiger partial charge in [0.25, 0.3) is 5.91 Å². The molecule has 0 bridgehead atoms. The van der Waals surface area contributed by atoms with E-state index in [9.17, 15) is 9.18 Å². The number of para-hydroxylation sites is 1. The lowest BCUT2D eigenvalue weighted by Gasteiger charge is -2.06. The molecule has 0 spiro atoms. The molecule has 3 nitrogen and oxygen atoms in total. The summed E-state index contributed by atoms with van der Waals surface area (Å²) in [5, 5.41) is 2.78. The molecule has 2 aromatic carbocycles. The fourth-order valence-electron chi connectivity index (χ4n) is 2.06. The van der Waals surface area contributed by atoms with E-state index in [1.807, 2.05) is 30.3 Å². The highest BCUT2D eigenvalue weighted by Crippen LogP contribution is 2.18. The quantitative estimate of drug-likeness (QED) is 0.788. The molecule has 1 aromatic heterocycles. The molecule has 4 heteroatoms. The molecule has 108 valence electrons. The minimum absolute atomic E-state index is 0.282. The second kappa shape index (κ2) is 6.18. The van der Waals surface area contributed by atoms with Gasteiger partial charge in [-0.15, -0.1) is 0 Å². The van der Waals surface area contributed by atoms with Crippen molar-refractivity contribution in [1.82, 2.24) is 4.98 Å². The van der Waals surface area contributed by atoms with E-state index in [4.69, 9.17) is 0 Å². The monoisotopic (exact) mass is 292 g/mol. The standard InChI is InChI=1S/C18H13FN2O/c19-14-11-9-13(10-12-14)16-7-4-8-17(21-16)18(22)20-15-5-2-1-3-6-15/h1-12H,(H,20,22). The zero-order valence-electron chi connectivity index (χ0n) is 11.7. The Bertz CT molecular complexity index is 786. The summed E-state index contributed by atoms with van der Waals surface area (Å²) in [6, 6.07) is 20.4. The zero-order chi connectivity index (χ0) is 15.4. The minimum Gasteiger partial charge on any atom is -0.321 e. The normalized spacial score (nSPS) is 10.2. The van der Waals surface area contributed by atoms with E-state index in [2.05, 4.69) is 10.3 Å². The molecular formula is C18H13FN2O. The molecule has 3 aromatic rings. The van der Waals surface area contributed by atoms with Gasteiger partial charge in [-0.3, -0.25) is 4.79 Å². The molecule has 0 unspecified atom stereocenters. The largest absolute Gasteiger partial charge is 0.321 e. The van der Waals surface area contributed by atoms with Crippen LogP contribution in [0.5, 0.6) is 0 Å². The van der Waals surface area contributed by atoms with Gasteiger partial charge in [0.1, 0.15) is 11.5 Å². The topological polar surface area (TPSA) is 42.0 Å². The third-order valence-corrected chi connectivity index (χ3v) is 3.15. The Balaban J connectivity index is 1.84. The van der Waals surface area contributed by atoms with Gasteiger partial charge in [-0.05, 0) is 48.5 Å². The minimum atomic E-state index is -0.304. The van der Waals surface area contributed by atoms with Crippen LogP contribution in [0, 0.1) is 5.82 Å². The predicted octanol–water partition coefficient (Wildman–Crippen LogP) is 4.14. The number of nitrogens with one attached hydrogen (secondary N) is 1. The van der Waals surface area contributed by atoms with E-state index in [1.54, 1.807) is 30.3 Å². The molecule has 1 heterocycles. The molecule has 0 aliphatic carbocycles. The fourth-order valence-corrected chi connectivity index (χ4v) is 2.06. The van der Waals surface area contributed by atoms with Crippen molar-refractivity contribution in [3.05, 3.63) is 84.3 Å². The number of nitrogens with zero attached hydrogens (tertiary/aromatic N) is 1. The summed E-state index contributed by atoms with van der Waals surface area (Å²) in [5.74, 6) is -0.586. The van der Waals surface area contributed by atoms with Crippen LogP contribution in [0.2, 0.25) is 0 Å². The summed E-state index contributed by atoms with van der Waals surface area (Å²) in [6.45, 7) is 0. The molecule has 0 atom stereocenters. The van der Waals surface area contributed by atoms with Crippen molar-refractivity contribution in [2.75, 3.05) is 5.32 Å². The molecule has 0 fully saturated rings. The Labute approximate surface area is 127 Å². The van der Waals surface area contributed by atoms with Gasteiger partial charge in [0, 0.05) is 11.3 Å². The van der Waals surface area contributed by atoms with Crippen molar-refractivity contribution in [3.8, 4) is 11.3 Å². The van der Waals surface area contributed by atoms with E-state index in [0.717, 1.165) is 5.56 Å². The molecule has 0 aliphatic rings. The van der Waals surface area contributed by atoms with E-state index >= 15 is 0 Å². The third kappa shape index (κ3) is 3.17. The maximum atomic E-state index is 13.0. The average molecular weight is 292 g/mol. The highest BCUT2D eigenvalue weighted by Gasteiger charge is 2.09. The number of hydrogen-bond acceptors (Lipinski definition) is 2. The van der Waals surface area contributed by atoms with Crippen molar-refractivity contribution in [1.29, 1.82) is 0 Å². The number of aromatic nitrogens is 1. The highest BCUT2D eigenvalue weighted by molar-refractivity contribution is 6.03. The van der Waals surface area contributed by atoms with E-state index in [-0.39, 0.29) is 11.7 Å². The van der Waals surface area contributed by atoms with Crippen LogP contribution in [-0.2, 0) is 0 Å². The second-order valence-corrected chi connectivity index (χ2v) is 4.74. The number of halogens is 1. The van der Waals surface area contributed by atoms with Crippen LogP contribution in [-0.4, -0.2) is 10.9 Å². The molecule has 1 N–H and O–H groups in total. The summed E-state index contributed by atoms with van der Waals surface area (Å²) >= 11 is 0. The van der Waals surface area contributed by atoms with Gasteiger partial charge in [-0.1, -0.05) is 24.3 Å². The van der Waals surface area contributed by atoms with Crippen molar-refractivity contribution >= 4 is 11.6 Å². The Morgan fingerprint density at radius 1 is 0.864 bits per heavy atom. The molecule has 3 rings (SSSR count). The summed E-state index contributed by atoms with van der Waals surface area (Å²) in [5.41, 5.74) is 2.41. The number of benzene rings is 2. The van der Waals surface area contributed by atoms with Gasteiger partial charge in [-0.2, -0.15) is 0 Å². The van der Waals surface area contributed by atoms with E-state index in [0.29, 0.717) is 17.1 Å². The molecule has 0 aliphatic heterocycles. The summed E-state index contributed by atoms with van der Waals surface area (Å²) in [6.07, 6.45) is 0. The number of anilines is 1. The number of pyridine rings is 1.